The number of ether oxygens (including phenoxy) is 1. The molecule has 2 aromatic rings. The number of hydrogen-bond donors (Lipinski definition) is 1. The van der Waals surface area contributed by atoms with Crippen molar-refractivity contribution in [2.75, 3.05) is 7.11 Å². The van der Waals surface area contributed by atoms with Gasteiger partial charge >= 0.3 is 5.97 Å². The molecule has 0 spiro atoms. The molecule has 0 aromatic heterocycles. The molecule has 0 fully saturated rings. The van der Waals surface area contributed by atoms with Crippen LogP contribution in [0.1, 0.15) is 11.7 Å². The van der Waals surface area contributed by atoms with Crippen molar-refractivity contribution in [2.45, 2.75) is 6.10 Å². The van der Waals surface area contributed by atoms with Gasteiger partial charge < -0.3 is 9.84 Å². The van der Waals surface area contributed by atoms with Gasteiger partial charge in [0.1, 0.15) is 0 Å². The number of halogens is 1. The molecule has 0 aliphatic carbocycles. The van der Waals surface area contributed by atoms with E-state index in [0.717, 1.165) is 11.1 Å². The lowest BCUT2D eigenvalue weighted by molar-refractivity contribution is -0.150. The topological polar surface area (TPSA) is 46.5 Å². The Balaban J connectivity index is 2.50. The first-order valence-electron chi connectivity index (χ1n) is 5.74. The van der Waals surface area contributed by atoms with E-state index < -0.39 is 12.1 Å². The Morgan fingerprint density at radius 2 is 1.95 bits per heavy atom. The van der Waals surface area contributed by atoms with Crippen LogP contribution < -0.4 is 0 Å². The van der Waals surface area contributed by atoms with E-state index in [4.69, 9.17) is 11.6 Å². The summed E-state index contributed by atoms with van der Waals surface area (Å²) in [5.74, 6) is -0.686. The zero-order valence-corrected chi connectivity index (χ0v) is 11.1. The van der Waals surface area contributed by atoms with Crippen molar-refractivity contribution in [3.8, 4) is 11.1 Å². The Bertz CT molecular complexity index is 595. The summed E-state index contributed by atoms with van der Waals surface area (Å²) in [6, 6.07) is 14.4. The normalized spacial score (nSPS) is 11.9. The third-order valence-corrected chi connectivity index (χ3v) is 3.05. The van der Waals surface area contributed by atoms with Crippen molar-refractivity contribution in [3.05, 3.63) is 59.1 Å². The fourth-order valence-electron chi connectivity index (χ4n) is 1.89. The quantitative estimate of drug-likeness (QED) is 0.876. The van der Waals surface area contributed by atoms with Crippen molar-refractivity contribution in [2.24, 2.45) is 0 Å². The van der Waals surface area contributed by atoms with Crippen molar-refractivity contribution in [1.82, 2.24) is 0 Å². The standard InChI is InChI=1S/C15H13ClO3/c1-19-15(18)14(17)13-8-3-2-7-12(13)10-5-4-6-11(16)9-10/h2-9,14,17H,1H3. The van der Waals surface area contributed by atoms with Gasteiger partial charge in [-0.2, -0.15) is 0 Å². The fourth-order valence-corrected chi connectivity index (χ4v) is 2.08. The highest BCUT2D eigenvalue weighted by Crippen LogP contribution is 2.30. The van der Waals surface area contributed by atoms with Gasteiger partial charge in [0.25, 0.3) is 0 Å². The van der Waals surface area contributed by atoms with E-state index in [1.807, 2.05) is 24.3 Å². The smallest absolute Gasteiger partial charge is 0.339 e. The number of rotatable bonds is 3. The summed E-state index contributed by atoms with van der Waals surface area (Å²) in [6.07, 6.45) is -1.31. The van der Waals surface area contributed by atoms with Crippen LogP contribution >= 0.6 is 11.6 Å². The Morgan fingerprint density at radius 3 is 2.63 bits per heavy atom. The third kappa shape index (κ3) is 2.95. The number of esters is 1. The minimum atomic E-state index is -1.31. The van der Waals surface area contributed by atoms with Gasteiger partial charge in [-0.1, -0.05) is 48.0 Å². The molecule has 0 saturated heterocycles. The van der Waals surface area contributed by atoms with E-state index in [1.165, 1.54) is 7.11 Å². The highest BCUT2D eigenvalue weighted by atomic mass is 35.5. The number of methoxy groups -OCH3 is 1. The lowest BCUT2D eigenvalue weighted by Gasteiger charge is -2.14. The lowest BCUT2D eigenvalue weighted by atomic mass is 9.96. The van der Waals surface area contributed by atoms with Gasteiger partial charge in [0.2, 0.25) is 0 Å². The van der Waals surface area contributed by atoms with Gasteiger partial charge in [-0.05, 0) is 28.8 Å². The van der Waals surface area contributed by atoms with Crippen LogP contribution in [0.2, 0.25) is 5.02 Å². The molecule has 0 saturated carbocycles. The second-order valence-corrected chi connectivity index (χ2v) is 4.46. The van der Waals surface area contributed by atoms with Gasteiger partial charge in [0.15, 0.2) is 6.10 Å². The number of carbonyl (C=O) groups excluding carboxylic acids is 1. The van der Waals surface area contributed by atoms with Crippen LogP contribution in [0.4, 0.5) is 0 Å². The Hall–Kier alpha value is -1.84. The van der Waals surface area contributed by atoms with Gasteiger partial charge in [-0.3, -0.25) is 0 Å². The van der Waals surface area contributed by atoms with Crippen LogP contribution in [0.25, 0.3) is 11.1 Å². The predicted molar refractivity (Wildman–Crippen MR) is 73.9 cm³/mol. The Labute approximate surface area is 116 Å². The van der Waals surface area contributed by atoms with E-state index in [2.05, 4.69) is 4.74 Å². The molecule has 0 aliphatic heterocycles. The Kier molecular flexibility index (Phi) is 4.20. The number of carbonyl (C=O) groups is 1. The van der Waals surface area contributed by atoms with Gasteiger partial charge in [0, 0.05) is 5.02 Å². The van der Waals surface area contributed by atoms with Crippen LogP contribution in [0.3, 0.4) is 0 Å². The predicted octanol–water partition coefficient (Wildman–Crippen LogP) is 3.21. The lowest BCUT2D eigenvalue weighted by Crippen LogP contribution is -2.14. The summed E-state index contributed by atoms with van der Waals surface area (Å²) in [7, 11) is 1.24. The molecule has 1 atom stereocenters. The molecule has 0 bridgehead atoms. The number of benzene rings is 2. The molecule has 0 radical (unpaired) electrons. The molecule has 0 heterocycles. The fraction of sp³-hybridized carbons (Fsp3) is 0.133. The van der Waals surface area contributed by atoms with E-state index in [9.17, 15) is 9.90 Å². The van der Waals surface area contributed by atoms with Crippen molar-refractivity contribution < 1.29 is 14.6 Å². The number of aliphatic hydroxyl groups excluding tert-OH is 1. The second kappa shape index (κ2) is 5.87. The molecule has 1 unspecified atom stereocenters. The summed E-state index contributed by atoms with van der Waals surface area (Å²) in [5, 5.41) is 10.6. The summed E-state index contributed by atoms with van der Waals surface area (Å²) >= 11 is 5.96. The van der Waals surface area contributed by atoms with Crippen LogP contribution in [0.15, 0.2) is 48.5 Å². The minimum absolute atomic E-state index is 0.497. The number of aliphatic hydroxyl groups is 1. The van der Waals surface area contributed by atoms with Crippen molar-refractivity contribution in [1.29, 1.82) is 0 Å². The van der Waals surface area contributed by atoms with Gasteiger partial charge in [-0.25, -0.2) is 4.79 Å². The summed E-state index contributed by atoms with van der Waals surface area (Å²) in [4.78, 5) is 11.5. The van der Waals surface area contributed by atoms with Gasteiger partial charge in [0.05, 0.1) is 7.11 Å². The molecular formula is C15H13ClO3. The molecule has 3 nitrogen and oxygen atoms in total. The molecule has 98 valence electrons. The van der Waals surface area contributed by atoms with E-state index >= 15 is 0 Å². The minimum Gasteiger partial charge on any atom is -0.467 e. The average Bonchev–Trinajstić information content (AvgIpc) is 2.45. The monoisotopic (exact) mass is 276 g/mol. The maximum absolute atomic E-state index is 11.5. The maximum Gasteiger partial charge on any atom is 0.339 e. The first-order valence-corrected chi connectivity index (χ1v) is 6.12. The summed E-state index contributed by atoms with van der Waals surface area (Å²) < 4.78 is 4.57. The highest BCUT2D eigenvalue weighted by molar-refractivity contribution is 6.30. The zero-order valence-electron chi connectivity index (χ0n) is 10.3. The number of hydrogen-bond acceptors (Lipinski definition) is 3. The van der Waals surface area contributed by atoms with E-state index in [0.29, 0.717) is 10.6 Å². The Morgan fingerprint density at radius 1 is 1.21 bits per heavy atom. The van der Waals surface area contributed by atoms with Gasteiger partial charge in [-0.15, -0.1) is 0 Å². The first kappa shape index (κ1) is 13.6. The van der Waals surface area contributed by atoms with E-state index in [-0.39, 0.29) is 0 Å². The highest BCUT2D eigenvalue weighted by Gasteiger charge is 2.21. The van der Waals surface area contributed by atoms with Crippen LogP contribution in [0, 0.1) is 0 Å². The largest absolute Gasteiger partial charge is 0.467 e. The molecule has 0 amide bonds. The summed E-state index contributed by atoms with van der Waals surface area (Å²) in [6.45, 7) is 0. The van der Waals surface area contributed by atoms with E-state index in [1.54, 1.807) is 24.3 Å². The van der Waals surface area contributed by atoms with Crippen molar-refractivity contribution in [3.63, 3.8) is 0 Å². The molecular weight excluding hydrogens is 264 g/mol. The molecule has 19 heavy (non-hydrogen) atoms. The SMILES string of the molecule is COC(=O)C(O)c1ccccc1-c1cccc(Cl)c1. The molecule has 4 heteroatoms. The first-order chi connectivity index (χ1) is 9.13. The third-order valence-electron chi connectivity index (χ3n) is 2.82. The molecule has 1 N–H and O–H groups in total. The summed E-state index contributed by atoms with van der Waals surface area (Å²) in [5.41, 5.74) is 2.09. The molecule has 2 rings (SSSR count). The maximum atomic E-state index is 11.5. The van der Waals surface area contributed by atoms with Crippen LogP contribution in [0.5, 0.6) is 0 Å². The van der Waals surface area contributed by atoms with Crippen LogP contribution in [-0.2, 0) is 9.53 Å². The van der Waals surface area contributed by atoms with Crippen LogP contribution in [-0.4, -0.2) is 18.2 Å². The zero-order chi connectivity index (χ0) is 13.8. The second-order valence-electron chi connectivity index (χ2n) is 4.02. The molecule has 0 aliphatic rings. The molecule has 2 aromatic carbocycles. The average molecular weight is 277 g/mol. The van der Waals surface area contributed by atoms with Crippen molar-refractivity contribution >= 4 is 17.6 Å².